The van der Waals surface area contributed by atoms with Crippen LogP contribution in [0.5, 0.6) is 0 Å². The van der Waals surface area contributed by atoms with E-state index in [1.54, 1.807) is 17.0 Å². The number of carbonyl (C=O) groups excluding carboxylic acids is 1. The Balaban J connectivity index is 2.46. The van der Waals surface area contributed by atoms with E-state index in [2.05, 4.69) is 9.97 Å². The summed E-state index contributed by atoms with van der Waals surface area (Å²) in [7, 11) is 1.49. The Labute approximate surface area is 153 Å². The molecular weight excluding hydrogens is 358 g/mol. The Kier molecular flexibility index (Phi) is 6.87. The fourth-order valence-electron chi connectivity index (χ4n) is 2.35. The first-order valence-corrected chi connectivity index (χ1v) is 8.93. The average Bonchev–Trinajstić information content (AvgIpc) is 3.12. The van der Waals surface area contributed by atoms with E-state index in [4.69, 9.17) is 10.5 Å². The first kappa shape index (κ1) is 19.6. The van der Waals surface area contributed by atoms with Gasteiger partial charge in [-0.2, -0.15) is 0 Å². The lowest BCUT2D eigenvalue weighted by Gasteiger charge is -2.23. The van der Waals surface area contributed by atoms with Gasteiger partial charge in [-0.15, -0.1) is 11.3 Å². The molecule has 26 heavy (non-hydrogen) atoms. The molecule has 2 heterocycles. The van der Waals surface area contributed by atoms with Gasteiger partial charge in [-0.25, -0.2) is 9.78 Å². The van der Waals surface area contributed by atoms with Crippen LogP contribution in [0.4, 0.5) is 11.5 Å². The number of carbonyl (C=O) groups is 1. The maximum Gasteiger partial charge on any atom is 0.330 e. The quantitative estimate of drug-likeness (QED) is 0.650. The van der Waals surface area contributed by atoms with Crippen LogP contribution in [0.15, 0.2) is 26.6 Å². The molecule has 10 heteroatoms. The van der Waals surface area contributed by atoms with Crippen LogP contribution in [0.25, 0.3) is 6.08 Å². The van der Waals surface area contributed by atoms with Crippen molar-refractivity contribution in [2.75, 3.05) is 30.9 Å². The Morgan fingerprint density at radius 1 is 1.50 bits per heavy atom. The van der Waals surface area contributed by atoms with Crippen molar-refractivity contribution in [2.24, 2.45) is 0 Å². The summed E-state index contributed by atoms with van der Waals surface area (Å²) in [5.74, 6) is -0.513. The summed E-state index contributed by atoms with van der Waals surface area (Å²) < 4.78 is 6.27. The summed E-state index contributed by atoms with van der Waals surface area (Å²) in [5, 5.41) is 1.78. The van der Waals surface area contributed by atoms with Gasteiger partial charge in [0.1, 0.15) is 5.82 Å². The zero-order chi connectivity index (χ0) is 19.1. The molecule has 0 unspecified atom stereocenters. The van der Waals surface area contributed by atoms with Gasteiger partial charge in [0.25, 0.3) is 11.5 Å². The third-order valence-electron chi connectivity index (χ3n) is 3.56. The van der Waals surface area contributed by atoms with E-state index in [9.17, 15) is 14.4 Å². The number of aromatic amines is 1. The fourth-order valence-corrected chi connectivity index (χ4v) is 2.87. The van der Waals surface area contributed by atoms with Crippen LogP contribution in [0.2, 0.25) is 0 Å². The van der Waals surface area contributed by atoms with Gasteiger partial charge in [0.15, 0.2) is 5.69 Å². The number of nitrogen functional groups attached to an aromatic ring is 1. The minimum Gasteiger partial charge on any atom is -0.383 e. The normalized spacial score (nSPS) is 11.2. The Hall–Kier alpha value is -2.72. The van der Waals surface area contributed by atoms with Gasteiger partial charge in [-0.05, 0) is 12.5 Å². The molecule has 1 amide bonds. The highest BCUT2D eigenvalue weighted by molar-refractivity contribution is 7.07. The number of nitrogens with one attached hydrogen (secondary N) is 1. The molecular formula is C16H21N5O4S. The van der Waals surface area contributed by atoms with E-state index < -0.39 is 17.2 Å². The van der Waals surface area contributed by atoms with Crippen LogP contribution in [0, 0.1) is 0 Å². The second-order valence-corrected chi connectivity index (χ2v) is 6.09. The molecule has 2 rings (SSSR count). The van der Waals surface area contributed by atoms with Crippen molar-refractivity contribution in [1.29, 1.82) is 0 Å². The molecule has 0 atom stereocenters. The molecule has 0 bridgehead atoms. The molecule has 140 valence electrons. The van der Waals surface area contributed by atoms with Crippen LogP contribution in [-0.2, 0) is 16.1 Å². The molecule has 0 aliphatic heterocycles. The number of ether oxygens (including phenoxy) is 1. The zero-order valence-electron chi connectivity index (χ0n) is 14.6. The van der Waals surface area contributed by atoms with Crippen LogP contribution in [0.1, 0.15) is 19.0 Å². The van der Waals surface area contributed by atoms with Gasteiger partial charge in [0.2, 0.25) is 0 Å². The summed E-state index contributed by atoms with van der Waals surface area (Å²) in [6, 6.07) is 0. The summed E-state index contributed by atoms with van der Waals surface area (Å²) in [5.41, 5.74) is 6.94. The number of hydrogen-bond donors (Lipinski definition) is 2. The van der Waals surface area contributed by atoms with Gasteiger partial charge in [-0.3, -0.25) is 24.0 Å². The molecule has 0 spiro atoms. The number of hydrogen-bond acceptors (Lipinski definition) is 7. The van der Waals surface area contributed by atoms with Crippen molar-refractivity contribution in [3.05, 3.63) is 43.5 Å². The number of amides is 1. The molecule has 2 aromatic rings. The Bertz CT molecular complexity index is 885. The summed E-state index contributed by atoms with van der Waals surface area (Å²) >= 11 is 1.40. The highest BCUT2D eigenvalue weighted by atomic mass is 32.1. The molecule has 0 aromatic carbocycles. The first-order chi connectivity index (χ1) is 12.5. The highest BCUT2D eigenvalue weighted by Gasteiger charge is 2.22. The minimum absolute atomic E-state index is 0.0490. The van der Waals surface area contributed by atoms with Crippen molar-refractivity contribution in [3.8, 4) is 0 Å². The second kappa shape index (κ2) is 9.11. The minimum atomic E-state index is -0.716. The molecule has 0 fully saturated rings. The maximum absolute atomic E-state index is 12.7. The van der Waals surface area contributed by atoms with Crippen LogP contribution < -0.4 is 21.9 Å². The maximum atomic E-state index is 12.7. The fraction of sp³-hybridized carbons (Fsp3) is 0.375. The summed E-state index contributed by atoms with van der Waals surface area (Å²) in [6.45, 7) is 2.51. The molecule has 0 radical (unpaired) electrons. The monoisotopic (exact) mass is 379 g/mol. The lowest BCUT2D eigenvalue weighted by Crippen LogP contribution is -2.42. The van der Waals surface area contributed by atoms with E-state index >= 15 is 0 Å². The van der Waals surface area contributed by atoms with Crippen molar-refractivity contribution >= 4 is 34.8 Å². The number of nitrogens with two attached hydrogens (primary N) is 1. The average molecular weight is 379 g/mol. The van der Waals surface area contributed by atoms with Crippen LogP contribution in [0.3, 0.4) is 0 Å². The first-order valence-electron chi connectivity index (χ1n) is 7.98. The summed E-state index contributed by atoms with van der Waals surface area (Å²) in [6.07, 6.45) is 3.50. The topological polar surface area (TPSA) is 123 Å². The van der Waals surface area contributed by atoms with E-state index in [0.29, 0.717) is 18.7 Å². The second-order valence-electron chi connectivity index (χ2n) is 5.37. The lowest BCUT2D eigenvalue weighted by atomic mass is 10.3. The van der Waals surface area contributed by atoms with Gasteiger partial charge in [0.05, 0.1) is 17.8 Å². The third kappa shape index (κ3) is 4.46. The molecule has 2 aromatic heterocycles. The van der Waals surface area contributed by atoms with Crippen molar-refractivity contribution in [3.63, 3.8) is 0 Å². The van der Waals surface area contributed by atoms with Crippen LogP contribution in [-0.4, -0.2) is 40.7 Å². The number of anilines is 2. The van der Waals surface area contributed by atoms with Gasteiger partial charge in [-0.1, -0.05) is 6.92 Å². The van der Waals surface area contributed by atoms with Crippen LogP contribution >= 0.6 is 11.3 Å². The van der Waals surface area contributed by atoms with E-state index in [1.807, 2.05) is 6.92 Å². The van der Waals surface area contributed by atoms with E-state index in [0.717, 1.165) is 0 Å². The molecule has 3 N–H and O–H groups in total. The molecule has 0 aliphatic carbocycles. The molecule has 9 nitrogen and oxygen atoms in total. The third-order valence-corrected chi connectivity index (χ3v) is 4.17. The SMILES string of the molecule is CCCn1c(N)c(N(CCOC)C(=O)/C=C/c2cscn2)c(=O)[nH]c1=O. The van der Waals surface area contributed by atoms with Gasteiger partial charge < -0.3 is 10.5 Å². The van der Waals surface area contributed by atoms with E-state index in [1.165, 1.54) is 34.0 Å². The molecule has 0 saturated carbocycles. The van der Waals surface area contributed by atoms with E-state index in [-0.39, 0.29) is 24.7 Å². The zero-order valence-corrected chi connectivity index (χ0v) is 15.4. The smallest absolute Gasteiger partial charge is 0.330 e. The Morgan fingerprint density at radius 3 is 2.88 bits per heavy atom. The van der Waals surface area contributed by atoms with Gasteiger partial charge >= 0.3 is 5.69 Å². The standard InChI is InChI=1S/C16H21N5O4S/c1-3-6-21-14(17)13(15(23)19-16(21)24)20(7-8-25-2)12(22)5-4-11-9-26-10-18-11/h4-5,9-10H,3,6-8,17H2,1-2H3,(H,19,23,24)/b5-4+. The van der Waals surface area contributed by atoms with Gasteiger partial charge in [0, 0.05) is 31.7 Å². The van der Waals surface area contributed by atoms with Crippen molar-refractivity contribution in [1.82, 2.24) is 14.5 Å². The predicted molar refractivity (Wildman–Crippen MR) is 101 cm³/mol. The largest absolute Gasteiger partial charge is 0.383 e. The number of thiazole rings is 1. The van der Waals surface area contributed by atoms with Crippen molar-refractivity contribution < 1.29 is 9.53 Å². The molecule has 0 aliphatic rings. The lowest BCUT2D eigenvalue weighted by molar-refractivity contribution is -0.114. The van der Waals surface area contributed by atoms with Crippen molar-refractivity contribution in [2.45, 2.75) is 19.9 Å². The summed E-state index contributed by atoms with van der Waals surface area (Å²) in [4.78, 5) is 44.5. The Morgan fingerprint density at radius 2 is 2.27 bits per heavy atom. The molecule has 0 saturated heterocycles. The highest BCUT2D eigenvalue weighted by Crippen LogP contribution is 2.17. The number of aromatic nitrogens is 3. The number of H-pyrrole nitrogens is 1. The number of methoxy groups -OCH3 is 1. The number of rotatable bonds is 8. The predicted octanol–water partition coefficient (Wildman–Crippen LogP) is 0.678. The number of nitrogens with zero attached hydrogens (tertiary/aromatic N) is 3.